The second-order valence-electron chi connectivity index (χ2n) is 3.15. The minimum atomic E-state index is 0.507. The fraction of sp³-hybridized carbons (Fsp3) is 0.182. The normalized spacial score (nSPS) is 10.4. The topological polar surface area (TPSA) is 23.8 Å². The molecule has 0 aliphatic heterocycles. The lowest BCUT2D eigenvalue weighted by Crippen LogP contribution is -1.88. The van der Waals surface area contributed by atoms with Gasteiger partial charge in [-0.15, -0.1) is 11.3 Å². The van der Waals surface area contributed by atoms with Gasteiger partial charge in [-0.05, 0) is 58.2 Å². The molecule has 0 bridgehead atoms. The molecule has 1 heterocycles. The van der Waals surface area contributed by atoms with Gasteiger partial charge in [-0.1, -0.05) is 0 Å². The van der Waals surface area contributed by atoms with Gasteiger partial charge in [0.1, 0.15) is 0 Å². The Morgan fingerprint density at radius 3 is 3.00 bits per heavy atom. The minimum Gasteiger partial charge on any atom is -0.198 e. The van der Waals surface area contributed by atoms with Crippen LogP contribution in [0.25, 0.3) is 10.1 Å². The highest BCUT2D eigenvalue weighted by Gasteiger charge is 2.08. The zero-order valence-corrected chi connectivity index (χ0v) is 10.6. The fourth-order valence-corrected chi connectivity index (χ4v) is 3.20. The molecule has 0 radical (unpaired) electrons. The van der Waals surface area contributed by atoms with E-state index in [1.54, 1.807) is 11.3 Å². The van der Waals surface area contributed by atoms with Crippen molar-refractivity contribution < 1.29 is 0 Å². The van der Waals surface area contributed by atoms with Crippen LogP contribution in [0.4, 0.5) is 0 Å². The van der Waals surface area contributed by atoms with Crippen LogP contribution in [-0.2, 0) is 6.42 Å². The molecule has 1 aromatic heterocycles. The van der Waals surface area contributed by atoms with Crippen LogP contribution in [0, 0.1) is 21.8 Å². The molecule has 3 heteroatoms. The number of rotatable bonds is 1. The molecule has 0 unspecified atom stereocenters. The Hall–Kier alpha value is -0.600. The van der Waals surface area contributed by atoms with Crippen LogP contribution in [0.3, 0.4) is 0 Å². The predicted octanol–water partition coefficient (Wildman–Crippen LogP) is 3.88. The van der Waals surface area contributed by atoms with Crippen LogP contribution >= 0.6 is 33.9 Å². The second kappa shape index (κ2) is 3.87. The molecule has 0 aliphatic carbocycles. The van der Waals surface area contributed by atoms with Crippen molar-refractivity contribution in [3.8, 4) is 6.07 Å². The van der Waals surface area contributed by atoms with Crippen LogP contribution in [0.1, 0.15) is 11.1 Å². The Morgan fingerprint density at radius 1 is 1.50 bits per heavy atom. The van der Waals surface area contributed by atoms with E-state index in [1.807, 2.05) is 0 Å². The molecule has 0 saturated carbocycles. The summed E-state index contributed by atoms with van der Waals surface area (Å²) >= 11 is 4.05. The zero-order chi connectivity index (χ0) is 10.1. The lowest BCUT2D eigenvalue weighted by atomic mass is 10.1. The molecule has 2 aromatic rings. The van der Waals surface area contributed by atoms with Crippen LogP contribution in [0.2, 0.25) is 0 Å². The highest BCUT2D eigenvalue weighted by Crippen LogP contribution is 2.31. The summed E-state index contributed by atoms with van der Waals surface area (Å²) in [6.45, 7) is 2.11. The van der Waals surface area contributed by atoms with E-state index < -0.39 is 0 Å². The second-order valence-corrected chi connectivity index (χ2v) is 5.23. The summed E-state index contributed by atoms with van der Waals surface area (Å²) in [4.78, 5) is 0. The Labute approximate surface area is 101 Å². The van der Waals surface area contributed by atoms with Crippen LogP contribution in [-0.4, -0.2) is 0 Å². The Morgan fingerprint density at radius 2 is 2.29 bits per heavy atom. The van der Waals surface area contributed by atoms with E-state index in [2.05, 4.69) is 53.1 Å². The molecule has 2 rings (SSSR count). The Balaban J connectivity index is 2.81. The highest BCUT2D eigenvalue weighted by atomic mass is 127. The SMILES string of the molecule is Cc1csc2ccc(I)c(CC#N)c12. The maximum Gasteiger partial charge on any atom is 0.0670 e. The number of thiophene rings is 1. The first-order chi connectivity index (χ1) is 6.74. The van der Waals surface area contributed by atoms with E-state index in [0.29, 0.717) is 6.42 Å². The predicted molar refractivity (Wildman–Crippen MR) is 68.6 cm³/mol. The minimum absolute atomic E-state index is 0.507. The zero-order valence-electron chi connectivity index (χ0n) is 7.67. The number of fused-ring (bicyclic) bond motifs is 1. The molecule has 0 amide bonds. The summed E-state index contributed by atoms with van der Waals surface area (Å²) in [6, 6.07) is 6.46. The van der Waals surface area contributed by atoms with E-state index in [4.69, 9.17) is 5.26 Å². The summed E-state index contributed by atoms with van der Waals surface area (Å²) < 4.78 is 2.48. The Bertz CT molecular complexity index is 522. The third-order valence-electron chi connectivity index (χ3n) is 2.23. The van der Waals surface area contributed by atoms with Gasteiger partial charge in [0.2, 0.25) is 0 Å². The van der Waals surface area contributed by atoms with E-state index in [-0.39, 0.29) is 0 Å². The van der Waals surface area contributed by atoms with E-state index in [1.165, 1.54) is 24.8 Å². The van der Waals surface area contributed by atoms with Gasteiger partial charge >= 0.3 is 0 Å². The van der Waals surface area contributed by atoms with Crippen molar-refractivity contribution in [1.82, 2.24) is 0 Å². The van der Waals surface area contributed by atoms with Crippen LogP contribution < -0.4 is 0 Å². The number of halogens is 1. The van der Waals surface area contributed by atoms with Gasteiger partial charge < -0.3 is 0 Å². The number of aryl methyl sites for hydroxylation is 1. The molecule has 70 valence electrons. The van der Waals surface area contributed by atoms with Gasteiger partial charge in [0.05, 0.1) is 12.5 Å². The summed E-state index contributed by atoms with van der Waals surface area (Å²) in [6.07, 6.45) is 0.507. The molecule has 1 aromatic carbocycles. The van der Waals surface area contributed by atoms with Crippen LogP contribution in [0.15, 0.2) is 17.5 Å². The molecule has 14 heavy (non-hydrogen) atoms. The fourth-order valence-electron chi connectivity index (χ4n) is 1.59. The van der Waals surface area contributed by atoms with Gasteiger partial charge in [0, 0.05) is 13.7 Å². The monoisotopic (exact) mass is 313 g/mol. The molecular formula is C11H8INS. The van der Waals surface area contributed by atoms with Crippen molar-refractivity contribution in [3.63, 3.8) is 0 Å². The standard InChI is InChI=1S/C11H8INS/c1-7-6-14-10-3-2-9(12)8(4-5-13)11(7)10/h2-3,6H,4H2,1H3. The van der Waals surface area contributed by atoms with Crippen molar-refractivity contribution in [3.05, 3.63) is 32.2 Å². The van der Waals surface area contributed by atoms with Crippen molar-refractivity contribution in [1.29, 1.82) is 5.26 Å². The molecule has 0 aliphatic rings. The smallest absolute Gasteiger partial charge is 0.0670 e. The third kappa shape index (κ3) is 1.53. The summed E-state index contributed by atoms with van der Waals surface area (Å²) in [7, 11) is 0. The number of benzene rings is 1. The van der Waals surface area contributed by atoms with Crippen molar-refractivity contribution in [2.75, 3.05) is 0 Å². The maximum absolute atomic E-state index is 8.78. The first kappa shape index (κ1) is 9.94. The van der Waals surface area contributed by atoms with Crippen molar-refractivity contribution in [2.45, 2.75) is 13.3 Å². The average Bonchev–Trinajstić information content (AvgIpc) is 2.53. The highest BCUT2D eigenvalue weighted by molar-refractivity contribution is 14.1. The average molecular weight is 313 g/mol. The lowest BCUT2D eigenvalue weighted by Gasteiger charge is -2.02. The third-order valence-corrected chi connectivity index (χ3v) is 4.31. The summed E-state index contributed by atoms with van der Waals surface area (Å²) in [5.41, 5.74) is 2.47. The molecule has 0 N–H and O–H groups in total. The number of hydrogen-bond donors (Lipinski definition) is 0. The van der Waals surface area contributed by atoms with Crippen molar-refractivity contribution >= 4 is 44.0 Å². The lowest BCUT2D eigenvalue weighted by molar-refractivity contribution is 1.27. The van der Waals surface area contributed by atoms with Gasteiger partial charge in [0.15, 0.2) is 0 Å². The quantitative estimate of drug-likeness (QED) is 0.733. The summed E-state index contributed by atoms with van der Waals surface area (Å²) in [5, 5.41) is 12.2. The molecule has 0 spiro atoms. The van der Waals surface area contributed by atoms with Gasteiger partial charge in [0.25, 0.3) is 0 Å². The number of nitriles is 1. The molecular weight excluding hydrogens is 305 g/mol. The molecule has 0 fully saturated rings. The first-order valence-corrected chi connectivity index (χ1v) is 6.22. The van der Waals surface area contributed by atoms with E-state index >= 15 is 0 Å². The van der Waals surface area contributed by atoms with Gasteiger partial charge in [-0.25, -0.2) is 0 Å². The van der Waals surface area contributed by atoms with Gasteiger partial charge in [-0.2, -0.15) is 5.26 Å². The molecule has 0 atom stereocenters. The molecule has 0 saturated heterocycles. The summed E-state index contributed by atoms with van der Waals surface area (Å²) in [5.74, 6) is 0. The van der Waals surface area contributed by atoms with Gasteiger partial charge in [-0.3, -0.25) is 0 Å². The van der Waals surface area contributed by atoms with Crippen LogP contribution in [0.5, 0.6) is 0 Å². The maximum atomic E-state index is 8.78. The van der Waals surface area contributed by atoms with E-state index in [0.717, 1.165) is 0 Å². The van der Waals surface area contributed by atoms with Crippen molar-refractivity contribution in [2.24, 2.45) is 0 Å². The Kier molecular flexibility index (Phi) is 2.75. The number of nitrogens with zero attached hydrogens (tertiary/aromatic N) is 1. The first-order valence-electron chi connectivity index (χ1n) is 4.26. The molecule has 1 nitrogen and oxygen atoms in total. The van der Waals surface area contributed by atoms with E-state index in [9.17, 15) is 0 Å². The largest absolute Gasteiger partial charge is 0.198 e. The number of hydrogen-bond acceptors (Lipinski definition) is 2.